The van der Waals surface area contributed by atoms with E-state index in [2.05, 4.69) is 43.4 Å². The Bertz CT molecular complexity index is 477. The van der Waals surface area contributed by atoms with Gasteiger partial charge in [-0.3, -0.25) is 5.43 Å². The molecule has 0 aliphatic heterocycles. The van der Waals surface area contributed by atoms with E-state index in [4.69, 9.17) is 5.73 Å². The average Bonchev–Trinajstić information content (AvgIpc) is 2.28. The number of thiocarbonyl (C=S) groups is 1. The Morgan fingerprint density at radius 1 is 1.65 bits per heavy atom. The lowest BCUT2D eigenvalue weighted by Gasteiger charge is -2.05. The summed E-state index contributed by atoms with van der Waals surface area (Å²) in [4.78, 5) is 11.6. The molecule has 0 heterocycles. The lowest BCUT2D eigenvalue weighted by molar-refractivity contribution is 0.0599. The minimum Gasteiger partial charge on any atom is -0.465 e. The number of methoxy groups -OCH3 is 1. The summed E-state index contributed by atoms with van der Waals surface area (Å²) in [6.07, 6.45) is 1.44. The lowest BCUT2D eigenvalue weighted by Crippen LogP contribution is -2.24. The van der Waals surface area contributed by atoms with Crippen molar-refractivity contribution in [3.8, 4) is 0 Å². The van der Waals surface area contributed by atoms with Gasteiger partial charge in [0.1, 0.15) is 0 Å². The van der Waals surface area contributed by atoms with Crippen LogP contribution in [0.4, 0.5) is 0 Å². The molecule has 0 atom stereocenters. The van der Waals surface area contributed by atoms with Crippen LogP contribution in [0, 0.1) is 0 Å². The number of hydrogen-bond acceptors (Lipinski definition) is 4. The van der Waals surface area contributed by atoms with E-state index in [1.165, 1.54) is 13.3 Å². The normalized spacial score (nSPS) is 10.2. The highest BCUT2D eigenvalue weighted by Crippen LogP contribution is 2.20. The molecule has 1 rings (SSSR count). The Morgan fingerprint density at radius 3 is 2.94 bits per heavy atom. The van der Waals surface area contributed by atoms with Gasteiger partial charge in [-0.1, -0.05) is 12.1 Å². The second-order valence-electron chi connectivity index (χ2n) is 2.93. The molecule has 0 bridgehead atoms. The predicted octanol–water partition coefficient (Wildman–Crippen LogP) is 1.40. The molecule has 0 saturated heterocycles. The number of ether oxygens (including phenoxy) is 1. The number of hydrogen-bond donors (Lipinski definition) is 2. The maximum absolute atomic E-state index is 11.6. The molecule has 1 aromatic rings. The summed E-state index contributed by atoms with van der Waals surface area (Å²) in [7, 11) is 1.32. The van der Waals surface area contributed by atoms with Gasteiger partial charge in [0.2, 0.25) is 0 Å². The molecule has 1 aromatic carbocycles. The van der Waals surface area contributed by atoms with E-state index >= 15 is 0 Å². The summed E-state index contributed by atoms with van der Waals surface area (Å²) >= 11 is 7.87. The summed E-state index contributed by atoms with van der Waals surface area (Å²) < 4.78 is 5.31. The zero-order valence-electron chi connectivity index (χ0n) is 8.94. The maximum atomic E-state index is 11.6. The molecule has 0 aliphatic rings. The zero-order chi connectivity index (χ0) is 12.8. The number of nitrogens with zero attached hydrogens (tertiary/aromatic N) is 1. The number of rotatable bonds is 3. The van der Waals surface area contributed by atoms with Gasteiger partial charge in [-0.25, -0.2) is 4.79 Å². The standard InChI is InChI=1S/C10H10BrN3O2S/c1-16-9(15)8-6(3-2-4-7(8)11)5-13-14-10(12)17/h2-5H,1H3,(H3,12,14,17). The van der Waals surface area contributed by atoms with Gasteiger partial charge in [-0.05, 0) is 34.2 Å². The van der Waals surface area contributed by atoms with Gasteiger partial charge in [-0.2, -0.15) is 5.10 Å². The van der Waals surface area contributed by atoms with Gasteiger partial charge in [-0.15, -0.1) is 0 Å². The van der Waals surface area contributed by atoms with Gasteiger partial charge in [0, 0.05) is 10.0 Å². The zero-order valence-corrected chi connectivity index (χ0v) is 11.3. The van der Waals surface area contributed by atoms with Crippen LogP contribution >= 0.6 is 28.1 Å². The van der Waals surface area contributed by atoms with Gasteiger partial charge in [0.15, 0.2) is 5.11 Å². The second-order valence-corrected chi connectivity index (χ2v) is 4.22. The Labute approximate surface area is 112 Å². The number of carbonyl (C=O) groups is 1. The van der Waals surface area contributed by atoms with Crippen LogP contribution in [0.3, 0.4) is 0 Å². The summed E-state index contributed by atoms with van der Waals surface area (Å²) in [6.45, 7) is 0. The minimum absolute atomic E-state index is 0.0517. The van der Waals surface area contributed by atoms with Crippen molar-refractivity contribution in [1.82, 2.24) is 5.43 Å². The van der Waals surface area contributed by atoms with Gasteiger partial charge in [0.25, 0.3) is 0 Å². The largest absolute Gasteiger partial charge is 0.465 e. The molecule has 5 nitrogen and oxygen atoms in total. The van der Waals surface area contributed by atoms with E-state index in [-0.39, 0.29) is 5.11 Å². The van der Waals surface area contributed by atoms with E-state index in [0.717, 1.165) is 0 Å². The fourth-order valence-corrected chi connectivity index (χ4v) is 1.73. The number of nitrogens with one attached hydrogen (secondary N) is 1. The fourth-order valence-electron chi connectivity index (χ4n) is 1.13. The van der Waals surface area contributed by atoms with E-state index in [1.807, 2.05) is 0 Å². The molecule has 7 heteroatoms. The number of carbonyl (C=O) groups excluding carboxylic acids is 1. The third-order valence-electron chi connectivity index (χ3n) is 1.81. The van der Waals surface area contributed by atoms with Crippen LogP contribution in [0.25, 0.3) is 0 Å². The van der Waals surface area contributed by atoms with Crippen molar-refractivity contribution in [2.75, 3.05) is 7.11 Å². The van der Waals surface area contributed by atoms with Crippen molar-refractivity contribution < 1.29 is 9.53 Å². The first kappa shape index (κ1) is 13.6. The molecule has 17 heavy (non-hydrogen) atoms. The second kappa shape index (κ2) is 6.31. The quantitative estimate of drug-likeness (QED) is 0.381. The molecule has 0 unspecified atom stereocenters. The highest BCUT2D eigenvalue weighted by molar-refractivity contribution is 9.10. The Kier molecular flexibility index (Phi) is 5.05. The van der Waals surface area contributed by atoms with Crippen molar-refractivity contribution in [3.05, 3.63) is 33.8 Å². The van der Waals surface area contributed by atoms with Crippen LogP contribution in [0.2, 0.25) is 0 Å². The maximum Gasteiger partial charge on any atom is 0.339 e. The first-order valence-corrected chi connectivity index (χ1v) is 5.71. The average molecular weight is 316 g/mol. The van der Waals surface area contributed by atoms with Crippen LogP contribution in [0.5, 0.6) is 0 Å². The highest BCUT2D eigenvalue weighted by atomic mass is 79.9. The van der Waals surface area contributed by atoms with E-state index in [9.17, 15) is 4.79 Å². The lowest BCUT2D eigenvalue weighted by atomic mass is 10.1. The molecule has 0 radical (unpaired) electrons. The van der Waals surface area contributed by atoms with Crippen LogP contribution in [0.1, 0.15) is 15.9 Å². The number of benzene rings is 1. The SMILES string of the molecule is COC(=O)c1c(Br)cccc1C=NNC(N)=S. The molecular weight excluding hydrogens is 306 g/mol. The number of nitrogens with two attached hydrogens (primary N) is 1. The van der Waals surface area contributed by atoms with Crippen molar-refractivity contribution in [3.63, 3.8) is 0 Å². The first-order valence-electron chi connectivity index (χ1n) is 4.51. The van der Waals surface area contributed by atoms with Gasteiger partial charge >= 0.3 is 5.97 Å². The molecule has 0 fully saturated rings. The van der Waals surface area contributed by atoms with Crippen molar-refractivity contribution in [1.29, 1.82) is 0 Å². The predicted molar refractivity (Wildman–Crippen MR) is 73.0 cm³/mol. The summed E-state index contributed by atoms with van der Waals surface area (Å²) in [6, 6.07) is 5.24. The molecule has 0 amide bonds. The van der Waals surface area contributed by atoms with E-state index in [0.29, 0.717) is 15.6 Å². The third kappa shape index (κ3) is 3.79. The topological polar surface area (TPSA) is 76.7 Å². The third-order valence-corrected chi connectivity index (χ3v) is 2.57. The van der Waals surface area contributed by atoms with Gasteiger partial charge in [0.05, 0.1) is 18.9 Å². The smallest absolute Gasteiger partial charge is 0.339 e. The summed E-state index contributed by atoms with van der Waals surface area (Å²) in [5, 5.41) is 3.84. The summed E-state index contributed by atoms with van der Waals surface area (Å²) in [5.41, 5.74) is 8.61. The fraction of sp³-hybridized carbons (Fsp3) is 0.100. The van der Waals surface area contributed by atoms with Crippen LogP contribution in [-0.4, -0.2) is 24.4 Å². The number of hydrazone groups is 1. The van der Waals surface area contributed by atoms with Gasteiger partial charge < -0.3 is 10.5 Å². The van der Waals surface area contributed by atoms with Crippen LogP contribution < -0.4 is 11.2 Å². The number of halogens is 1. The Balaban J connectivity index is 3.06. The molecule has 3 N–H and O–H groups in total. The Morgan fingerprint density at radius 2 is 2.35 bits per heavy atom. The van der Waals surface area contributed by atoms with Crippen LogP contribution in [-0.2, 0) is 4.74 Å². The minimum atomic E-state index is -0.450. The molecule has 90 valence electrons. The molecule has 0 saturated carbocycles. The first-order chi connectivity index (χ1) is 8.06. The summed E-state index contributed by atoms with van der Waals surface area (Å²) in [5.74, 6) is -0.450. The number of esters is 1. The van der Waals surface area contributed by atoms with Crippen molar-refractivity contribution in [2.45, 2.75) is 0 Å². The molecule has 0 spiro atoms. The molecular formula is C10H10BrN3O2S. The van der Waals surface area contributed by atoms with E-state index < -0.39 is 5.97 Å². The monoisotopic (exact) mass is 315 g/mol. The molecule has 0 aliphatic carbocycles. The van der Waals surface area contributed by atoms with E-state index in [1.54, 1.807) is 18.2 Å². The van der Waals surface area contributed by atoms with Crippen LogP contribution in [0.15, 0.2) is 27.8 Å². The van der Waals surface area contributed by atoms with Crippen molar-refractivity contribution in [2.24, 2.45) is 10.8 Å². The molecule has 0 aromatic heterocycles. The Hall–Kier alpha value is -1.47. The highest BCUT2D eigenvalue weighted by Gasteiger charge is 2.14. The van der Waals surface area contributed by atoms with Crippen molar-refractivity contribution >= 4 is 45.4 Å².